The summed E-state index contributed by atoms with van der Waals surface area (Å²) in [6.45, 7) is 2.60. The molecule has 0 fully saturated rings. The van der Waals surface area contributed by atoms with Gasteiger partial charge in [0.05, 0.1) is 22.6 Å². The highest BCUT2D eigenvalue weighted by atomic mass is 79.9. The second-order valence-corrected chi connectivity index (χ2v) is 8.08. The minimum absolute atomic E-state index is 0. The number of hydrogen-bond donors (Lipinski definition) is 4. The fourth-order valence-electron chi connectivity index (χ4n) is 2.73. The van der Waals surface area contributed by atoms with Gasteiger partial charge in [-0.1, -0.05) is 27.7 Å². The van der Waals surface area contributed by atoms with Crippen LogP contribution in [0.5, 0.6) is 0 Å². The number of benzene rings is 2. The zero-order valence-corrected chi connectivity index (χ0v) is 18.0. The van der Waals surface area contributed by atoms with E-state index in [0.717, 1.165) is 34.6 Å². The van der Waals surface area contributed by atoms with E-state index < -0.39 is 11.7 Å². The van der Waals surface area contributed by atoms with Gasteiger partial charge in [0.15, 0.2) is 0 Å². The summed E-state index contributed by atoms with van der Waals surface area (Å²) in [6, 6.07) is 8.05. The maximum Gasteiger partial charge on any atom is 0.416 e. The van der Waals surface area contributed by atoms with Gasteiger partial charge in [-0.15, -0.1) is 12.4 Å². The number of nitrogens with one attached hydrogen (secondary N) is 3. The highest BCUT2D eigenvalue weighted by Crippen LogP contribution is 2.49. The summed E-state index contributed by atoms with van der Waals surface area (Å²) in [7, 11) is 0. The molecule has 1 aliphatic rings. The topological polar surface area (TPSA) is 62.1 Å². The van der Waals surface area contributed by atoms with Crippen LogP contribution in [0.3, 0.4) is 0 Å². The molecule has 3 rings (SSSR count). The Morgan fingerprint density at radius 3 is 2.57 bits per heavy atom. The van der Waals surface area contributed by atoms with Crippen molar-refractivity contribution in [3.05, 3.63) is 40.4 Å². The molecule has 154 valence electrons. The molecule has 5 N–H and O–H groups in total. The number of nitrogens with two attached hydrogens (primary N) is 1. The minimum atomic E-state index is -4.39. The van der Waals surface area contributed by atoms with E-state index in [9.17, 15) is 13.2 Å². The van der Waals surface area contributed by atoms with Gasteiger partial charge in [0.2, 0.25) is 0 Å². The van der Waals surface area contributed by atoms with E-state index in [0.29, 0.717) is 29.4 Å². The fraction of sp³-hybridized carbons (Fsp3) is 0.333. The summed E-state index contributed by atoms with van der Waals surface area (Å²) in [5.74, 6) is 0. The quantitative estimate of drug-likeness (QED) is 0.327. The second kappa shape index (κ2) is 10.1. The van der Waals surface area contributed by atoms with Gasteiger partial charge >= 0.3 is 6.18 Å². The summed E-state index contributed by atoms with van der Waals surface area (Å²) >= 11 is 4.77. The Labute approximate surface area is 180 Å². The van der Waals surface area contributed by atoms with Crippen LogP contribution in [0, 0.1) is 0 Å². The Morgan fingerprint density at radius 1 is 1.07 bits per heavy atom. The number of hydrogen-bond acceptors (Lipinski definition) is 5. The molecule has 28 heavy (non-hydrogen) atoms. The van der Waals surface area contributed by atoms with Crippen LogP contribution in [0.1, 0.15) is 12.0 Å². The van der Waals surface area contributed by atoms with Crippen molar-refractivity contribution in [2.75, 3.05) is 36.8 Å². The van der Waals surface area contributed by atoms with E-state index in [1.54, 1.807) is 0 Å². The molecule has 0 saturated carbocycles. The van der Waals surface area contributed by atoms with Crippen molar-refractivity contribution in [2.24, 2.45) is 5.73 Å². The lowest BCUT2D eigenvalue weighted by atomic mass is 10.1. The fourth-order valence-corrected chi connectivity index (χ4v) is 4.14. The predicted molar refractivity (Wildman–Crippen MR) is 115 cm³/mol. The third-order valence-corrected chi connectivity index (χ3v) is 5.63. The number of anilines is 3. The van der Waals surface area contributed by atoms with Gasteiger partial charge < -0.3 is 21.7 Å². The third-order valence-electron chi connectivity index (χ3n) is 4.02. The van der Waals surface area contributed by atoms with Crippen LogP contribution in [-0.2, 0) is 6.18 Å². The van der Waals surface area contributed by atoms with Crippen molar-refractivity contribution in [1.29, 1.82) is 0 Å². The first-order chi connectivity index (χ1) is 12.9. The molecule has 1 heterocycles. The standard InChI is InChI=1S/C18H20BrF3N4S.ClH/c19-12-2-3-15-13(10-12)26-17-14(25-6-1-5-24-7-4-23)8-11(18(20,21)22)9-16(17)27-15;/h2-3,8-10,24-26H,1,4-7,23H2;1H. The van der Waals surface area contributed by atoms with Crippen LogP contribution in [0.25, 0.3) is 0 Å². The Balaban J connectivity index is 0.00000280. The van der Waals surface area contributed by atoms with Crippen LogP contribution in [0.4, 0.5) is 30.2 Å². The normalized spacial score (nSPS) is 12.5. The largest absolute Gasteiger partial charge is 0.416 e. The van der Waals surface area contributed by atoms with Crippen LogP contribution < -0.4 is 21.7 Å². The zero-order valence-electron chi connectivity index (χ0n) is 14.8. The van der Waals surface area contributed by atoms with Crippen molar-refractivity contribution < 1.29 is 13.2 Å². The Hall–Kier alpha value is -1.13. The van der Waals surface area contributed by atoms with Gasteiger partial charge in [-0.25, -0.2) is 0 Å². The Morgan fingerprint density at radius 2 is 1.86 bits per heavy atom. The number of halogens is 5. The average molecular weight is 498 g/mol. The highest BCUT2D eigenvalue weighted by Gasteiger charge is 2.33. The molecule has 4 nitrogen and oxygen atoms in total. The molecule has 2 aromatic rings. The van der Waals surface area contributed by atoms with Crippen molar-refractivity contribution >= 4 is 57.2 Å². The van der Waals surface area contributed by atoms with E-state index in [4.69, 9.17) is 5.73 Å². The first kappa shape index (κ1) is 23.2. The SMILES string of the molecule is Cl.NCCNCCCNc1cc(C(F)(F)F)cc2c1Nc1cc(Br)ccc1S2. The van der Waals surface area contributed by atoms with Crippen LogP contribution >= 0.6 is 40.1 Å². The molecule has 2 aromatic carbocycles. The van der Waals surface area contributed by atoms with Crippen LogP contribution in [0.15, 0.2) is 44.6 Å². The lowest BCUT2D eigenvalue weighted by Crippen LogP contribution is -2.24. The molecular weight excluding hydrogens is 477 g/mol. The molecule has 0 spiro atoms. The molecule has 0 aliphatic carbocycles. The van der Waals surface area contributed by atoms with Crippen LogP contribution in [-0.4, -0.2) is 26.2 Å². The van der Waals surface area contributed by atoms with Gasteiger partial charge in [0.1, 0.15) is 0 Å². The van der Waals surface area contributed by atoms with Gasteiger partial charge in [0, 0.05) is 33.9 Å². The smallest absolute Gasteiger partial charge is 0.383 e. The lowest BCUT2D eigenvalue weighted by molar-refractivity contribution is -0.137. The molecular formula is C18H21BrClF3N4S. The van der Waals surface area contributed by atoms with E-state index in [1.165, 1.54) is 23.9 Å². The summed E-state index contributed by atoms with van der Waals surface area (Å²) in [5, 5.41) is 9.59. The van der Waals surface area contributed by atoms with Crippen molar-refractivity contribution in [3.8, 4) is 0 Å². The maximum absolute atomic E-state index is 13.3. The summed E-state index contributed by atoms with van der Waals surface area (Å²) in [4.78, 5) is 1.45. The molecule has 0 saturated heterocycles. The first-order valence-electron chi connectivity index (χ1n) is 8.53. The average Bonchev–Trinajstić information content (AvgIpc) is 2.62. The zero-order chi connectivity index (χ0) is 19.4. The predicted octanol–water partition coefficient (Wildman–Crippen LogP) is 5.45. The highest BCUT2D eigenvalue weighted by molar-refractivity contribution is 9.10. The number of fused-ring (bicyclic) bond motifs is 2. The van der Waals surface area contributed by atoms with Crippen molar-refractivity contribution in [3.63, 3.8) is 0 Å². The molecule has 0 atom stereocenters. The van der Waals surface area contributed by atoms with E-state index in [2.05, 4.69) is 31.9 Å². The number of alkyl halides is 3. The number of rotatable bonds is 7. The minimum Gasteiger partial charge on any atom is -0.383 e. The summed E-state index contributed by atoms with van der Waals surface area (Å²) in [5.41, 5.74) is 6.77. The van der Waals surface area contributed by atoms with Crippen molar-refractivity contribution in [2.45, 2.75) is 22.4 Å². The Kier molecular flexibility index (Phi) is 8.32. The maximum atomic E-state index is 13.3. The van der Waals surface area contributed by atoms with E-state index in [1.807, 2.05) is 18.2 Å². The van der Waals surface area contributed by atoms with Gasteiger partial charge in [0.25, 0.3) is 0 Å². The van der Waals surface area contributed by atoms with Crippen LogP contribution in [0.2, 0.25) is 0 Å². The first-order valence-corrected chi connectivity index (χ1v) is 10.1. The third kappa shape index (κ3) is 5.70. The van der Waals surface area contributed by atoms with Gasteiger partial charge in [-0.3, -0.25) is 0 Å². The van der Waals surface area contributed by atoms with Gasteiger partial charge in [-0.2, -0.15) is 13.2 Å². The molecule has 0 amide bonds. The molecule has 1 aliphatic heterocycles. The van der Waals surface area contributed by atoms with E-state index in [-0.39, 0.29) is 12.4 Å². The Bertz CT molecular complexity index is 820. The molecule has 0 bridgehead atoms. The summed E-state index contributed by atoms with van der Waals surface area (Å²) in [6.07, 6.45) is -3.62. The van der Waals surface area contributed by atoms with Crippen molar-refractivity contribution in [1.82, 2.24) is 5.32 Å². The summed E-state index contributed by atoms with van der Waals surface area (Å²) < 4.78 is 40.9. The van der Waals surface area contributed by atoms with Gasteiger partial charge in [-0.05, 0) is 43.3 Å². The lowest BCUT2D eigenvalue weighted by Gasteiger charge is -2.25. The second-order valence-electron chi connectivity index (χ2n) is 6.08. The monoisotopic (exact) mass is 496 g/mol. The molecule has 0 aromatic heterocycles. The van der Waals surface area contributed by atoms with E-state index >= 15 is 0 Å². The molecule has 0 radical (unpaired) electrons. The molecule has 0 unspecified atom stereocenters. The molecule has 10 heteroatoms.